The number of nitrogens with zero attached hydrogens (tertiary/aromatic N) is 2. The van der Waals surface area contributed by atoms with E-state index in [4.69, 9.17) is 11.0 Å². The lowest BCUT2D eigenvalue weighted by molar-refractivity contribution is -0.144. The summed E-state index contributed by atoms with van der Waals surface area (Å²) in [7, 11) is 0. The van der Waals surface area contributed by atoms with E-state index in [0.717, 1.165) is 19.3 Å². The average molecular weight is 272 g/mol. The van der Waals surface area contributed by atoms with Crippen LogP contribution in [0.4, 0.5) is 0 Å². The molecular weight excluding hydrogens is 250 g/mol. The van der Waals surface area contributed by atoms with Gasteiger partial charge in [0.2, 0.25) is 5.91 Å². The number of nitrogens with two attached hydrogens (primary N) is 1. The Morgan fingerprint density at radius 2 is 2.00 bits per heavy atom. The highest BCUT2D eigenvalue weighted by atomic mass is 35.5. The van der Waals surface area contributed by atoms with Crippen LogP contribution in [-0.4, -0.2) is 28.9 Å². The summed E-state index contributed by atoms with van der Waals surface area (Å²) in [5, 5.41) is 8.93. The smallest absolute Gasteiger partial charge is 0.241 e. The molecule has 1 aliphatic heterocycles. The summed E-state index contributed by atoms with van der Waals surface area (Å²) in [4.78, 5) is 13.9. The second-order valence-electron chi connectivity index (χ2n) is 5.40. The number of rotatable bonds is 2. The molecule has 0 bridgehead atoms. The fourth-order valence-corrected chi connectivity index (χ4v) is 3.07. The molecule has 1 saturated carbocycles. The first-order valence-corrected chi connectivity index (χ1v) is 6.62. The van der Waals surface area contributed by atoms with Crippen molar-refractivity contribution in [2.45, 2.75) is 63.6 Å². The third-order valence-electron chi connectivity index (χ3n) is 4.22. The van der Waals surface area contributed by atoms with Gasteiger partial charge >= 0.3 is 0 Å². The van der Waals surface area contributed by atoms with Gasteiger partial charge in [-0.25, -0.2) is 0 Å². The average Bonchev–Trinajstić information content (AvgIpc) is 2.35. The summed E-state index contributed by atoms with van der Waals surface area (Å²) in [6.07, 6.45) is 6.54. The van der Waals surface area contributed by atoms with Gasteiger partial charge in [0, 0.05) is 12.5 Å². The van der Waals surface area contributed by atoms with Crippen LogP contribution >= 0.6 is 12.4 Å². The van der Waals surface area contributed by atoms with Crippen LogP contribution in [0.1, 0.15) is 45.4 Å². The minimum absolute atomic E-state index is 0. The van der Waals surface area contributed by atoms with Gasteiger partial charge in [0.25, 0.3) is 0 Å². The van der Waals surface area contributed by atoms with E-state index in [2.05, 4.69) is 6.07 Å². The van der Waals surface area contributed by atoms with Gasteiger partial charge < -0.3 is 10.6 Å². The third-order valence-corrected chi connectivity index (χ3v) is 4.22. The van der Waals surface area contributed by atoms with E-state index in [1.165, 1.54) is 19.3 Å². The molecule has 3 unspecified atom stereocenters. The van der Waals surface area contributed by atoms with Crippen molar-refractivity contribution in [2.24, 2.45) is 11.7 Å². The first-order chi connectivity index (χ1) is 8.15. The second kappa shape index (κ2) is 6.40. The van der Waals surface area contributed by atoms with Crippen molar-refractivity contribution in [1.29, 1.82) is 5.26 Å². The van der Waals surface area contributed by atoms with Crippen molar-refractivity contribution in [3.05, 3.63) is 0 Å². The highest BCUT2D eigenvalue weighted by Crippen LogP contribution is 2.30. The van der Waals surface area contributed by atoms with Crippen molar-refractivity contribution in [3.63, 3.8) is 0 Å². The molecule has 1 heterocycles. The summed E-state index contributed by atoms with van der Waals surface area (Å²) in [6, 6.07) is 1.71. The highest BCUT2D eigenvalue weighted by molar-refractivity contribution is 5.85. The highest BCUT2D eigenvalue weighted by Gasteiger charge is 2.42. The molecular formula is C13H22ClN3O. The topological polar surface area (TPSA) is 70.1 Å². The predicted octanol–water partition coefficient (Wildman–Crippen LogP) is 1.83. The number of halogens is 1. The van der Waals surface area contributed by atoms with Crippen LogP contribution in [-0.2, 0) is 4.79 Å². The molecule has 2 fully saturated rings. The number of carbonyl (C=O) groups is 1. The Hall–Kier alpha value is -0.790. The third kappa shape index (κ3) is 2.78. The molecule has 0 spiro atoms. The van der Waals surface area contributed by atoms with E-state index in [1.807, 2.05) is 6.92 Å². The van der Waals surface area contributed by atoms with Crippen molar-refractivity contribution < 1.29 is 4.79 Å². The Kier molecular flexibility index (Phi) is 5.43. The molecule has 3 atom stereocenters. The molecule has 0 aromatic carbocycles. The van der Waals surface area contributed by atoms with Crippen molar-refractivity contribution in [3.8, 4) is 6.07 Å². The summed E-state index contributed by atoms with van der Waals surface area (Å²) in [5.74, 6) is 0.311. The van der Waals surface area contributed by atoms with Crippen LogP contribution in [0.3, 0.4) is 0 Å². The standard InChI is InChI=1S/C13H21N3O.ClH/c1-9-7-11(8-14)16(9)13(17)12(15)10-5-3-2-4-6-10;/h9-12H,2-7,15H2,1H3;1H. The zero-order valence-electron chi connectivity index (χ0n) is 10.8. The quantitative estimate of drug-likeness (QED) is 0.833. The Morgan fingerprint density at radius 1 is 1.39 bits per heavy atom. The lowest BCUT2D eigenvalue weighted by Crippen LogP contribution is -2.61. The van der Waals surface area contributed by atoms with Gasteiger partial charge in [0.05, 0.1) is 12.1 Å². The molecule has 2 rings (SSSR count). The molecule has 4 nitrogen and oxygen atoms in total. The summed E-state index contributed by atoms with van der Waals surface area (Å²) in [5.41, 5.74) is 6.08. The maximum atomic E-state index is 12.3. The Bertz CT molecular complexity index is 336. The van der Waals surface area contributed by atoms with Gasteiger partial charge in [-0.2, -0.15) is 5.26 Å². The van der Waals surface area contributed by atoms with E-state index >= 15 is 0 Å². The molecule has 0 aromatic heterocycles. The molecule has 0 aromatic rings. The van der Waals surface area contributed by atoms with Gasteiger partial charge in [-0.15, -0.1) is 12.4 Å². The normalized spacial score (nSPS) is 29.7. The Balaban J connectivity index is 0.00000162. The number of nitriles is 1. The number of hydrogen-bond donors (Lipinski definition) is 1. The van der Waals surface area contributed by atoms with E-state index in [9.17, 15) is 4.79 Å². The number of likely N-dealkylation sites (tertiary alicyclic amines) is 1. The zero-order chi connectivity index (χ0) is 12.4. The van der Waals surface area contributed by atoms with Crippen molar-refractivity contribution >= 4 is 18.3 Å². The van der Waals surface area contributed by atoms with E-state index in [-0.39, 0.29) is 30.4 Å². The van der Waals surface area contributed by atoms with Crippen LogP contribution in [0.5, 0.6) is 0 Å². The summed E-state index contributed by atoms with van der Waals surface area (Å²) < 4.78 is 0. The monoisotopic (exact) mass is 271 g/mol. The molecule has 2 N–H and O–H groups in total. The van der Waals surface area contributed by atoms with E-state index in [0.29, 0.717) is 5.92 Å². The maximum absolute atomic E-state index is 12.3. The fraction of sp³-hybridized carbons (Fsp3) is 0.846. The largest absolute Gasteiger partial charge is 0.322 e. The maximum Gasteiger partial charge on any atom is 0.241 e. The van der Waals surface area contributed by atoms with Gasteiger partial charge in [0.15, 0.2) is 0 Å². The molecule has 1 saturated heterocycles. The summed E-state index contributed by atoms with van der Waals surface area (Å²) in [6.45, 7) is 1.99. The minimum atomic E-state index is -0.395. The number of amides is 1. The Morgan fingerprint density at radius 3 is 2.50 bits per heavy atom. The van der Waals surface area contributed by atoms with Crippen LogP contribution in [0.15, 0.2) is 0 Å². The first-order valence-electron chi connectivity index (χ1n) is 6.62. The molecule has 18 heavy (non-hydrogen) atoms. The Labute approximate surface area is 115 Å². The van der Waals surface area contributed by atoms with Crippen molar-refractivity contribution in [2.75, 3.05) is 0 Å². The minimum Gasteiger partial charge on any atom is -0.322 e. The van der Waals surface area contributed by atoms with Gasteiger partial charge in [0.1, 0.15) is 6.04 Å². The summed E-state index contributed by atoms with van der Waals surface area (Å²) >= 11 is 0. The van der Waals surface area contributed by atoms with Crippen molar-refractivity contribution in [1.82, 2.24) is 4.90 Å². The van der Waals surface area contributed by atoms with E-state index < -0.39 is 6.04 Å². The van der Waals surface area contributed by atoms with Gasteiger partial charge in [-0.05, 0) is 25.7 Å². The number of carbonyl (C=O) groups excluding carboxylic acids is 1. The van der Waals surface area contributed by atoms with Gasteiger partial charge in [-0.1, -0.05) is 19.3 Å². The van der Waals surface area contributed by atoms with Crippen LogP contribution in [0.2, 0.25) is 0 Å². The SMILES string of the molecule is CC1CC(C#N)N1C(=O)C(N)C1CCCCC1.Cl. The predicted molar refractivity (Wildman–Crippen MR) is 72.1 cm³/mol. The van der Waals surface area contributed by atoms with Crippen LogP contribution in [0.25, 0.3) is 0 Å². The molecule has 0 radical (unpaired) electrons. The molecule has 1 amide bonds. The van der Waals surface area contributed by atoms with Crippen LogP contribution < -0.4 is 5.73 Å². The van der Waals surface area contributed by atoms with Crippen LogP contribution in [0, 0.1) is 17.2 Å². The first kappa shape index (κ1) is 15.3. The lowest BCUT2D eigenvalue weighted by atomic mass is 9.82. The lowest BCUT2D eigenvalue weighted by Gasteiger charge is -2.45. The molecule has 1 aliphatic carbocycles. The van der Waals surface area contributed by atoms with Gasteiger partial charge in [-0.3, -0.25) is 4.79 Å². The molecule has 102 valence electrons. The zero-order valence-corrected chi connectivity index (χ0v) is 11.7. The second-order valence-corrected chi connectivity index (χ2v) is 5.40. The number of hydrogen-bond acceptors (Lipinski definition) is 3. The fourth-order valence-electron chi connectivity index (χ4n) is 3.07. The molecule has 2 aliphatic rings. The molecule has 5 heteroatoms. The van der Waals surface area contributed by atoms with E-state index in [1.54, 1.807) is 4.90 Å².